The van der Waals surface area contributed by atoms with Crippen molar-refractivity contribution < 1.29 is 14.3 Å². The van der Waals surface area contributed by atoms with Crippen molar-refractivity contribution in [3.8, 4) is 0 Å². The zero-order valence-electron chi connectivity index (χ0n) is 13.2. The van der Waals surface area contributed by atoms with Crippen LogP contribution in [-0.2, 0) is 9.53 Å². The van der Waals surface area contributed by atoms with E-state index in [4.69, 9.17) is 4.74 Å². The molecule has 0 radical (unpaired) electrons. The van der Waals surface area contributed by atoms with E-state index in [9.17, 15) is 9.59 Å². The van der Waals surface area contributed by atoms with Crippen LogP contribution in [0.1, 0.15) is 28.4 Å². The van der Waals surface area contributed by atoms with E-state index in [0.717, 1.165) is 11.1 Å². The summed E-state index contributed by atoms with van der Waals surface area (Å²) in [5.74, 6) is -0.557. The van der Waals surface area contributed by atoms with Crippen LogP contribution in [0.5, 0.6) is 0 Å². The van der Waals surface area contributed by atoms with Crippen molar-refractivity contribution in [3.63, 3.8) is 0 Å². The second kappa shape index (κ2) is 7.94. The third-order valence-corrected chi connectivity index (χ3v) is 3.16. The Morgan fingerprint density at radius 1 is 1.13 bits per heavy atom. The maximum atomic E-state index is 12.2. The molecule has 4 heteroatoms. The Bertz CT molecular complexity index is 718. The number of anilines is 1. The molecule has 0 spiro atoms. The van der Waals surface area contributed by atoms with E-state index < -0.39 is 0 Å². The monoisotopic (exact) mass is 309 g/mol. The summed E-state index contributed by atoms with van der Waals surface area (Å²) in [6.45, 7) is 4.07. The fraction of sp³-hybridized carbons (Fsp3) is 0.158. The predicted molar refractivity (Wildman–Crippen MR) is 91.2 cm³/mol. The molecule has 4 nitrogen and oxygen atoms in total. The highest BCUT2D eigenvalue weighted by atomic mass is 16.5. The number of hydrogen-bond donors (Lipinski definition) is 1. The molecule has 0 fully saturated rings. The first-order valence-corrected chi connectivity index (χ1v) is 7.41. The summed E-state index contributed by atoms with van der Waals surface area (Å²) in [4.78, 5) is 23.5. The number of hydrogen-bond acceptors (Lipinski definition) is 3. The molecule has 0 aliphatic heterocycles. The molecular weight excluding hydrogens is 290 g/mol. The fourth-order valence-electron chi connectivity index (χ4n) is 1.98. The highest BCUT2D eigenvalue weighted by Gasteiger charge is 2.05. The van der Waals surface area contributed by atoms with E-state index in [-0.39, 0.29) is 11.9 Å². The van der Waals surface area contributed by atoms with Gasteiger partial charge in [0, 0.05) is 17.3 Å². The molecular formula is C19H19NO3. The van der Waals surface area contributed by atoms with Crippen LogP contribution < -0.4 is 5.32 Å². The number of nitrogens with one attached hydrogen (secondary N) is 1. The summed E-state index contributed by atoms with van der Waals surface area (Å²) in [6.07, 6.45) is 3.02. The van der Waals surface area contributed by atoms with Gasteiger partial charge in [-0.15, -0.1) is 0 Å². The smallest absolute Gasteiger partial charge is 0.330 e. The second-order valence-electron chi connectivity index (χ2n) is 5.03. The average Bonchev–Trinajstić information content (AvgIpc) is 2.54. The van der Waals surface area contributed by atoms with Gasteiger partial charge in [0.15, 0.2) is 0 Å². The van der Waals surface area contributed by atoms with Gasteiger partial charge in [-0.1, -0.05) is 29.8 Å². The average molecular weight is 309 g/mol. The van der Waals surface area contributed by atoms with Crippen molar-refractivity contribution in [2.24, 2.45) is 0 Å². The second-order valence-corrected chi connectivity index (χ2v) is 5.03. The van der Waals surface area contributed by atoms with Crippen molar-refractivity contribution in [2.45, 2.75) is 13.8 Å². The minimum atomic E-state index is -0.387. The Hall–Kier alpha value is -2.88. The SMILES string of the molecule is CCOC(=O)C=Cc1cccc(NC(=O)c2ccc(C)cc2)c1. The highest BCUT2D eigenvalue weighted by molar-refractivity contribution is 6.04. The molecule has 0 aromatic heterocycles. The van der Waals surface area contributed by atoms with Gasteiger partial charge in [-0.2, -0.15) is 0 Å². The number of benzene rings is 2. The molecule has 2 aromatic rings. The van der Waals surface area contributed by atoms with Crippen LogP contribution >= 0.6 is 0 Å². The quantitative estimate of drug-likeness (QED) is 0.674. The Balaban J connectivity index is 2.06. The number of carbonyl (C=O) groups excluding carboxylic acids is 2. The number of aryl methyl sites for hydroxylation is 1. The molecule has 2 aromatic carbocycles. The van der Waals surface area contributed by atoms with Gasteiger partial charge in [0.05, 0.1) is 6.61 Å². The largest absolute Gasteiger partial charge is 0.463 e. The predicted octanol–water partition coefficient (Wildman–Crippen LogP) is 3.82. The number of ether oxygens (including phenoxy) is 1. The van der Waals surface area contributed by atoms with Crippen LogP contribution in [0.3, 0.4) is 0 Å². The Morgan fingerprint density at radius 3 is 2.57 bits per heavy atom. The summed E-state index contributed by atoms with van der Waals surface area (Å²) in [6, 6.07) is 14.6. The minimum Gasteiger partial charge on any atom is -0.463 e. The lowest BCUT2D eigenvalue weighted by molar-refractivity contribution is -0.137. The van der Waals surface area contributed by atoms with Gasteiger partial charge < -0.3 is 10.1 Å². The summed E-state index contributed by atoms with van der Waals surface area (Å²) in [5.41, 5.74) is 3.18. The molecule has 0 atom stereocenters. The third kappa shape index (κ3) is 5.11. The van der Waals surface area contributed by atoms with Crippen molar-refractivity contribution in [2.75, 3.05) is 11.9 Å². The van der Waals surface area contributed by atoms with Crippen molar-refractivity contribution in [3.05, 3.63) is 71.3 Å². The molecule has 0 aliphatic carbocycles. The normalized spacial score (nSPS) is 10.5. The lowest BCUT2D eigenvalue weighted by atomic mass is 10.1. The number of amides is 1. The van der Waals surface area contributed by atoms with Gasteiger partial charge in [-0.25, -0.2) is 4.79 Å². The van der Waals surface area contributed by atoms with Gasteiger partial charge in [0.25, 0.3) is 5.91 Å². The van der Waals surface area contributed by atoms with Gasteiger partial charge in [0.1, 0.15) is 0 Å². The minimum absolute atomic E-state index is 0.170. The van der Waals surface area contributed by atoms with Crippen molar-refractivity contribution in [1.29, 1.82) is 0 Å². The van der Waals surface area contributed by atoms with E-state index in [1.807, 2.05) is 31.2 Å². The Morgan fingerprint density at radius 2 is 1.87 bits per heavy atom. The zero-order chi connectivity index (χ0) is 16.7. The van der Waals surface area contributed by atoms with Gasteiger partial charge in [-0.3, -0.25) is 4.79 Å². The third-order valence-electron chi connectivity index (χ3n) is 3.16. The number of esters is 1. The standard InChI is InChI=1S/C19H19NO3/c1-3-23-18(21)12-9-15-5-4-6-17(13-15)20-19(22)16-10-7-14(2)8-11-16/h4-13H,3H2,1-2H3,(H,20,22). The maximum absolute atomic E-state index is 12.2. The van der Waals surface area contributed by atoms with Crippen LogP contribution in [0.25, 0.3) is 6.08 Å². The molecule has 23 heavy (non-hydrogen) atoms. The molecule has 0 unspecified atom stereocenters. The van der Waals surface area contributed by atoms with E-state index in [1.54, 1.807) is 37.3 Å². The molecule has 0 heterocycles. The summed E-state index contributed by atoms with van der Waals surface area (Å²) >= 11 is 0. The number of carbonyl (C=O) groups is 2. The van der Waals surface area contributed by atoms with Crippen LogP contribution in [0, 0.1) is 6.92 Å². The van der Waals surface area contributed by atoms with E-state index in [2.05, 4.69) is 5.32 Å². The van der Waals surface area contributed by atoms with Gasteiger partial charge in [-0.05, 0) is 49.8 Å². The molecule has 1 N–H and O–H groups in total. The lowest BCUT2D eigenvalue weighted by Crippen LogP contribution is -2.11. The molecule has 0 aliphatic rings. The van der Waals surface area contributed by atoms with Crippen molar-refractivity contribution >= 4 is 23.6 Å². The van der Waals surface area contributed by atoms with Crippen LogP contribution in [0.4, 0.5) is 5.69 Å². The number of rotatable bonds is 5. The molecule has 1 amide bonds. The summed E-state index contributed by atoms with van der Waals surface area (Å²) in [7, 11) is 0. The molecule has 0 saturated carbocycles. The first-order chi connectivity index (χ1) is 11.1. The lowest BCUT2D eigenvalue weighted by Gasteiger charge is -2.06. The molecule has 2 rings (SSSR count). The summed E-state index contributed by atoms with van der Waals surface area (Å²) in [5, 5.41) is 2.84. The van der Waals surface area contributed by atoms with Gasteiger partial charge >= 0.3 is 5.97 Å². The molecule has 118 valence electrons. The highest BCUT2D eigenvalue weighted by Crippen LogP contribution is 2.14. The Kier molecular flexibility index (Phi) is 5.69. The van der Waals surface area contributed by atoms with E-state index in [0.29, 0.717) is 17.9 Å². The Labute approximate surface area is 135 Å². The van der Waals surface area contributed by atoms with E-state index in [1.165, 1.54) is 6.08 Å². The zero-order valence-corrected chi connectivity index (χ0v) is 13.2. The summed E-state index contributed by atoms with van der Waals surface area (Å²) < 4.78 is 4.83. The van der Waals surface area contributed by atoms with E-state index >= 15 is 0 Å². The van der Waals surface area contributed by atoms with Crippen molar-refractivity contribution in [1.82, 2.24) is 0 Å². The fourth-order valence-corrected chi connectivity index (χ4v) is 1.98. The van der Waals surface area contributed by atoms with Crippen LogP contribution in [0.15, 0.2) is 54.6 Å². The van der Waals surface area contributed by atoms with Gasteiger partial charge in [0.2, 0.25) is 0 Å². The molecule has 0 saturated heterocycles. The molecule has 0 bridgehead atoms. The topological polar surface area (TPSA) is 55.4 Å². The van der Waals surface area contributed by atoms with Crippen LogP contribution in [0.2, 0.25) is 0 Å². The first-order valence-electron chi connectivity index (χ1n) is 7.41. The first kappa shape index (κ1) is 16.5. The van der Waals surface area contributed by atoms with Crippen LogP contribution in [-0.4, -0.2) is 18.5 Å². The maximum Gasteiger partial charge on any atom is 0.330 e.